The van der Waals surface area contributed by atoms with E-state index in [0.29, 0.717) is 22.2 Å². The largest absolute Gasteiger partial charge is 0.480 e. The van der Waals surface area contributed by atoms with E-state index in [4.69, 9.17) is 5.73 Å². The first-order chi connectivity index (χ1) is 24.3. The number of carboxylic acids is 1. The molecule has 11 heteroatoms. The van der Waals surface area contributed by atoms with Crippen molar-refractivity contribution < 1.29 is 24.3 Å². The molecule has 0 spiro atoms. The van der Waals surface area contributed by atoms with Crippen LogP contribution in [0.25, 0.3) is 22.5 Å². The first kappa shape index (κ1) is 37.4. The summed E-state index contributed by atoms with van der Waals surface area (Å²) in [5, 5.41) is 14.7. The van der Waals surface area contributed by atoms with Crippen molar-refractivity contribution in [1.82, 2.24) is 20.6 Å². The minimum absolute atomic E-state index is 0.0636. The van der Waals surface area contributed by atoms with E-state index >= 15 is 0 Å². The van der Waals surface area contributed by atoms with Gasteiger partial charge >= 0.3 is 5.97 Å². The number of rotatable bonds is 13. The van der Waals surface area contributed by atoms with E-state index in [1.165, 1.54) is 49.0 Å². The van der Waals surface area contributed by atoms with Crippen molar-refractivity contribution in [1.29, 1.82) is 0 Å². The highest BCUT2D eigenvalue weighted by Gasteiger charge is 2.29. The number of aromatic nitrogens is 2. The minimum Gasteiger partial charge on any atom is -0.480 e. The fourth-order valence-corrected chi connectivity index (χ4v) is 7.45. The molecule has 2 aromatic heterocycles. The van der Waals surface area contributed by atoms with Crippen molar-refractivity contribution in [3.05, 3.63) is 93.9 Å². The molecule has 51 heavy (non-hydrogen) atoms. The quantitative estimate of drug-likeness (QED) is 0.121. The van der Waals surface area contributed by atoms with Crippen LogP contribution in [0.1, 0.15) is 97.8 Å². The van der Waals surface area contributed by atoms with Crippen LogP contribution in [0.5, 0.6) is 0 Å². The Morgan fingerprint density at radius 3 is 2.02 bits per heavy atom. The Labute approximate surface area is 303 Å². The van der Waals surface area contributed by atoms with Crippen LogP contribution in [0.15, 0.2) is 73.1 Å². The van der Waals surface area contributed by atoms with Gasteiger partial charge in [-0.05, 0) is 71.8 Å². The lowest BCUT2D eigenvalue weighted by molar-refractivity contribution is -0.143. The van der Waals surface area contributed by atoms with Gasteiger partial charge in [0.25, 0.3) is 5.91 Å². The average molecular weight is 710 g/mol. The summed E-state index contributed by atoms with van der Waals surface area (Å²) in [5.41, 5.74) is 9.92. The molecule has 2 heterocycles. The van der Waals surface area contributed by atoms with Crippen molar-refractivity contribution in [2.75, 3.05) is 0 Å². The number of primary amides is 1. The molecule has 0 unspecified atom stereocenters. The molecule has 5 N–H and O–H groups in total. The van der Waals surface area contributed by atoms with Crippen LogP contribution in [-0.4, -0.2) is 50.8 Å². The Kier molecular flexibility index (Phi) is 12.0. The highest BCUT2D eigenvalue weighted by atomic mass is 32.1. The fraction of sp³-hybridized carbons (Fsp3) is 0.400. The number of hydrogen-bond donors (Lipinski definition) is 4. The maximum Gasteiger partial charge on any atom is 0.326 e. The number of carbonyl (C=O) groups is 4. The van der Waals surface area contributed by atoms with Crippen LogP contribution >= 0.6 is 11.3 Å². The number of carbonyl (C=O) groups excluding carboxylic acids is 3. The molecule has 1 aliphatic rings. The summed E-state index contributed by atoms with van der Waals surface area (Å²) in [4.78, 5) is 60.5. The molecule has 2 atom stereocenters. The summed E-state index contributed by atoms with van der Waals surface area (Å²) >= 11 is 1.33. The van der Waals surface area contributed by atoms with Gasteiger partial charge in [-0.25, -0.2) is 14.8 Å². The van der Waals surface area contributed by atoms with E-state index in [0.717, 1.165) is 27.5 Å². The summed E-state index contributed by atoms with van der Waals surface area (Å²) in [6.45, 7) is 8.42. The van der Waals surface area contributed by atoms with Crippen LogP contribution in [0.2, 0.25) is 0 Å². The number of hydrogen-bond acceptors (Lipinski definition) is 7. The molecule has 10 nitrogen and oxygen atoms in total. The normalized spacial score (nSPS) is 17.3. The number of benzene rings is 2. The predicted molar refractivity (Wildman–Crippen MR) is 199 cm³/mol. The lowest BCUT2D eigenvalue weighted by Gasteiger charge is -2.28. The molecule has 0 bridgehead atoms. The van der Waals surface area contributed by atoms with Gasteiger partial charge in [-0.2, -0.15) is 0 Å². The average Bonchev–Trinajstić information content (AvgIpc) is 3.63. The number of nitrogens with zero attached hydrogens (tertiary/aromatic N) is 2. The summed E-state index contributed by atoms with van der Waals surface area (Å²) < 4.78 is 0. The predicted octanol–water partition coefficient (Wildman–Crippen LogP) is 6.64. The van der Waals surface area contributed by atoms with Crippen molar-refractivity contribution in [2.45, 2.75) is 96.1 Å². The monoisotopic (exact) mass is 709 g/mol. The van der Waals surface area contributed by atoms with E-state index in [2.05, 4.69) is 51.8 Å². The zero-order valence-corrected chi connectivity index (χ0v) is 30.5. The van der Waals surface area contributed by atoms with E-state index < -0.39 is 42.2 Å². The minimum atomic E-state index is -1.53. The molecule has 2 aromatic carbocycles. The van der Waals surface area contributed by atoms with Gasteiger partial charge in [0.2, 0.25) is 11.8 Å². The van der Waals surface area contributed by atoms with Crippen molar-refractivity contribution in [2.24, 2.45) is 11.7 Å². The fourth-order valence-electron chi connectivity index (χ4n) is 6.48. The second-order valence-electron chi connectivity index (χ2n) is 14.5. The Balaban J connectivity index is 1.27. The lowest BCUT2D eigenvalue weighted by Crippen LogP contribution is -2.53. The maximum absolute atomic E-state index is 13.4. The highest BCUT2D eigenvalue weighted by Crippen LogP contribution is 2.37. The third-order valence-electron chi connectivity index (χ3n) is 9.65. The van der Waals surface area contributed by atoms with Crippen LogP contribution in [0, 0.1) is 5.92 Å². The molecule has 268 valence electrons. The van der Waals surface area contributed by atoms with E-state index in [9.17, 15) is 24.3 Å². The molecule has 0 aliphatic heterocycles. The Morgan fingerprint density at radius 1 is 0.843 bits per heavy atom. The van der Waals surface area contributed by atoms with Crippen LogP contribution < -0.4 is 16.4 Å². The second kappa shape index (κ2) is 16.4. The van der Waals surface area contributed by atoms with Gasteiger partial charge in [0.1, 0.15) is 12.1 Å². The maximum atomic E-state index is 13.4. The second-order valence-corrected chi connectivity index (χ2v) is 15.5. The molecule has 3 amide bonds. The zero-order chi connectivity index (χ0) is 36.7. The molecule has 0 saturated heterocycles. The lowest BCUT2D eigenvalue weighted by atomic mass is 9.78. The van der Waals surface area contributed by atoms with Gasteiger partial charge < -0.3 is 21.5 Å². The number of carboxylic acid groups (broad SMARTS) is 1. The molecule has 1 fully saturated rings. The van der Waals surface area contributed by atoms with E-state index in [1.54, 1.807) is 6.07 Å². The number of aliphatic carboxylic acids is 1. The zero-order valence-electron chi connectivity index (χ0n) is 29.6. The third kappa shape index (κ3) is 9.88. The van der Waals surface area contributed by atoms with Crippen LogP contribution in [0.3, 0.4) is 0 Å². The van der Waals surface area contributed by atoms with Crippen LogP contribution in [-0.2, 0) is 26.2 Å². The topological polar surface area (TPSA) is 164 Å². The van der Waals surface area contributed by atoms with Gasteiger partial charge in [-0.15, -0.1) is 11.3 Å². The summed E-state index contributed by atoms with van der Waals surface area (Å²) in [6, 6.07) is 17.0. The SMILES string of the molecule is CC[C@H]1CC[C@H](c2ccc(-c3cnc(-c4ccc(C[C@H](NC(=O)c5ccc(C(C)(C)C)s5)C(=O)N[C@@H](CC(N)=O)C(=O)O)cc4)nc3)cc2)CC1. The molecule has 5 rings (SSSR count). The molecule has 1 aliphatic carbocycles. The summed E-state index contributed by atoms with van der Waals surface area (Å²) in [6.07, 6.45) is 9.52. The van der Waals surface area contributed by atoms with Gasteiger partial charge in [0, 0.05) is 34.8 Å². The van der Waals surface area contributed by atoms with E-state index in [-0.39, 0.29) is 11.8 Å². The van der Waals surface area contributed by atoms with Gasteiger partial charge in [0.15, 0.2) is 5.82 Å². The smallest absolute Gasteiger partial charge is 0.326 e. The molecular formula is C40H47N5O5S. The number of amides is 3. The van der Waals surface area contributed by atoms with Crippen molar-refractivity contribution in [3.8, 4) is 22.5 Å². The first-order valence-corrected chi connectivity index (χ1v) is 18.4. The van der Waals surface area contributed by atoms with E-state index in [1.807, 2.05) is 63.5 Å². The Morgan fingerprint density at radius 2 is 1.47 bits per heavy atom. The van der Waals surface area contributed by atoms with Crippen molar-refractivity contribution >= 4 is 35.0 Å². The number of thiophene rings is 1. The van der Waals surface area contributed by atoms with Crippen LogP contribution in [0.4, 0.5) is 0 Å². The van der Waals surface area contributed by atoms with Gasteiger partial charge in [0.05, 0.1) is 11.3 Å². The molecule has 1 saturated carbocycles. The Bertz CT molecular complexity index is 1820. The van der Waals surface area contributed by atoms with Gasteiger partial charge in [-0.3, -0.25) is 14.4 Å². The molecular weight excluding hydrogens is 663 g/mol. The summed E-state index contributed by atoms with van der Waals surface area (Å²) in [5.74, 6) is -1.44. The Hall–Kier alpha value is -4.90. The standard InChI is InChI=1S/C40H47N5O5S/c1-5-24-6-10-26(11-7-24)27-14-16-28(17-15-27)30-22-42-36(43-23-30)29-12-8-25(9-13-29)20-31(37(47)45-32(39(49)50)21-35(41)46)44-38(48)33-18-19-34(51-33)40(2,3)4/h8-9,12-19,22-24,26,31-32H,5-7,10-11,20-21H2,1-4H3,(H2,41,46)(H,44,48)(H,45,47)(H,49,50)/t24-,26-,31-,32-/m0/s1. The van der Waals surface area contributed by atoms with Gasteiger partial charge in [-0.1, -0.05) is 82.6 Å². The number of nitrogens with one attached hydrogen (secondary N) is 2. The molecule has 4 aromatic rings. The first-order valence-electron chi connectivity index (χ1n) is 17.5. The molecule has 0 radical (unpaired) electrons. The highest BCUT2D eigenvalue weighted by molar-refractivity contribution is 7.14. The summed E-state index contributed by atoms with van der Waals surface area (Å²) in [7, 11) is 0. The third-order valence-corrected chi connectivity index (χ3v) is 11.2. The number of nitrogens with two attached hydrogens (primary N) is 1. The van der Waals surface area contributed by atoms with Crippen molar-refractivity contribution in [3.63, 3.8) is 0 Å².